The van der Waals surface area contributed by atoms with Crippen LogP contribution in [0.15, 0.2) is 30.7 Å². The van der Waals surface area contributed by atoms with Crippen LogP contribution < -0.4 is 19.7 Å². The number of methoxy groups -OCH3 is 1. The van der Waals surface area contributed by atoms with Gasteiger partial charge in [0.25, 0.3) is 5.88 Å². The highest BCUT2D eigenvalue weighted by atomic mass is 19.1. The van der Waals surface area contributed by atoms with Crippen molar-refractivity contribution in [1.29, 1.82) is 0 Å². The van der Waals surface area contributed by atoms with Crippen LogP contribution in [0.5, 0.6) is 17.6 Å². The predicted molar refractivity (Wildman–Crippen MR) is 118 cm³/mol. The Balaban J connectivity index is 1.37. The highest BCUT2D eigenvalue weighted by molar-refractivity contribution is 5.73. The van der Waals surface area contributed by atoms with Crippen LogP contribution in [0.3, 0.4) is 0 Å². The van der Waals surface area contributed by atoms with E-state index in [-0.39, 0.29) is 5.82 Å². The lowest BCUT2D eigenvalue weighted by Crippen LogP contribution is -2.54. The SMILES string of the molecule is COc1ncc(-c2cc(F)ccc2Oc2nncnc2N2CCC3(CNC3)C2)c(C2CC2)n1. The summed E-state index contributed by atoms with van der Waals surface area (Å²) in [5.74, 6) is 1.34. The number of rotatable bonds is 6. The highest BCUT2D eigenvalue weighted by Crippen LogP contribution is 2.46. The van der Waals surface area contributed by atoms with Gasteiger partial charge in [-0.2, -0.15) is 4.98 Å². The summed E-state index contributed by atoms with van der Waals surface area (Å²) >= 11 is 0. The lowest BCUT2D eigenvalue weighted by Gasteiger charge is -2.39. The minimum absolute atomic E-state index is 0.294. The maximum Gasteiger partial charge on any atom is 0.316 e. The maximum absolute atomic E-state index is 14.3. The Hall–Kier alpha value is -3.40. The number of halogens is 1. The van der Waals surface area contributed by atoms with Gasteiger partial charge in [-0.15, -0.1) is 10.2 Å². The van der Waals surface area contributed by atoms with E-state index in [1.807, 2.05) is 0 Å². The van der Waals surface area contributed by atoms with Crippen LogP contribution in [0, 0.1) is 11.2 Å². The first kappa shape index (κ1) is 20.2. The van der Waals surface area contributed by atoms with Crippen molar-refractivity contribution in [2.24, 2.45) is 5.41 Å². The van der Waals surface area contributed by atoms with Crippen LogP contribution in [0.1, 0.15) is 30.9 Å². The van der Waals surface area contributed by atoms with Crippen molar-refractivity contribution in [3.05, 3.63) is 42.2 Å². The number of nitrogens with one attached hydrogen (secondary N) is 1. The molecule has 3 fully saturated rings. The molecule has 170 valence electrons. The van der Waals surface area contributed by atoms with E-state index in [4.69, 9.17) is 9.47 Å². The zero-order chi connectivity index (χ0) is 22.4. The van der Waals surface area contributed by atoms with Crippen molar-refractivity contribution >= 4 is 5.82 Å². The molecule has 0 unspecified atom stereocenters. The molecule has 1 spiro atoms. The van der Waals surface area contributed by atoms with Gasteiger partial charge in [0, 0.05) is 54.8 Å². The number of nitrogens with zero attached hydrogens (tertiary/aromatic N) is 6. The summed E-state index contributed by atoms with van der Waals surface area (Å²) < 4.78 is 25.8. The molecule has 1 aromatic carbocycles. The van der Waals surface area contributed by atoms with Gasteiger partial charge in [0.2, 0.25) is 0 Å². The first-order chi connectivity index (χ1) is 16.1. The van der Waals surface area contributed by atoms with E-state index in [9.17, 15) is 4.39 Å². The van der Waals surface area contributed by atoms with Gasteiger partial charge in [-0.1, -0.05) is 0 Å². The first-order valence-electron chi connectivity index (χ1n) is 11.2. The monoisotopic (exact) mass is 449 g/mol. The Bertz CT molecular complexity index is 1200. The number of hydrogen-bond donors (Lipinski definition) is 1. The van der Waals surface area contributed by atoms with Crippen LogP contribution in [0.25, 0.3) is 11.1 Å². The molecule has 10 heteroatoms. The van der Waals surface area contributed by atoms with E-state index in [1.165, 1.54) is 25.6 Å². The van der Waals surface area contributed by atoms with Gasteiger partial charge in [-0.25, -0.2) is 14.4 Å². The van der Waals surface area contributed by atoms with Crippen LogP contribution in [0.4, 0.5) is 10.2 Å². The molecule has 33 heavy (non-hydrogen) atoms. The fraction of sp³-hybridized carbons (Fsp3) is 0.435. The lowest BCUT2D eigenvalue weighted by atomic mass is 9.81. The summed E-state index contributed by atoms with van der Waals surface area (Å²) in [6.45, 7) is 3.80. The van der Waals surface area contributed by atoms with E-state index in [0.717, 1.165) is 56.7 Å². The average Bonchev–Trinajstić information content (AvgIpc) is 3.56. The molecule has 3 aliphatic rings. The largest absolute Gasteiger partial charge is 0.467 e. The van der Waals surface area contributed by atoms with Crippen LogP contribution in [-0.4, -0.2) is 58.4 Å². The third-order valence-corrected chi connectivity index (χ3v) is 6.69. The van der Waals surface area contributed by atoms with Crippen molar-refractivity contribution in [3.63, 3.8) is 0 Å². The average molecular weight is 449 g/mol. The molecule has 3 aromatic rings. The molecular weight excluding hydrogens is 425 g/mol. The summed E-state index contributed by atoms with van der Waals surface area (Å²) in [7, 11) is 1.53. The van der Waals surface area contributed by atoms with Crippen molar-refractivity contribution in [2.45, 2.75) is 25.2 Å². The number of anilines is 1. The van der Waals surface area contributed by atoms with Gasteiger partial charge in [-0.3, -0.25) is 0 Å². The van der Waals surface area contributed by atoms with Crippen molar-refractivity contribution < 1.29 is 13.9 Å². The van der Waals surface area contributed by atoms with Crippen molar-refractivity contribution in [2.75, 3.05) is 38.2 Å². The van der Waals surface area contributed by atoms with Gasteiger partial charge in [0.05, 0.1) is 12.8 Å². The van der Waals surface area contributed by atoms with Gasteiger partial charge < -0.3 is 19.7 Å². The summed E-state index contributed by atoms with van der Waals surface area (Å²) in [5.41, 5.74) is 2.43. The summed E-state index contributed by atoms with van der Waals surface area (Å²) in [5, 5.41) is 11.5. The van der Waals surface area contributed by atoms with Gasteiger partial charge in [0.15, 0.2) is 5.82 Å². The summed E-state index contributed by atoms with van der Waals surface area (Å²) in [6, 6.07) is 4.72. The van der Waals surface area contributed by atoms with Gasteiger partial charge >= 0.3 is 6.01 Å². The lowest BCUT2D eigenvalue weighted by molar-refractivity contribution is 0.199. The number of ether oxygens (including phenoxy) is 2. The number of benzene rings is 1. The van der Waals surface area contributed by atoms with Crippen LogP contribution in [0.2, 0.25) is 0 Å². The zero-order valence-corrected chi connectivity index (χ0v) is 18.3. The Labute approximate surface area is 190 Å². The molecule has 0 radical (unpaired) electrons. The first-order valence-corrected chi connectivity index (χ1v) is 11.2. The molecule has 0 amide bonds. The second-order valence-electron chi connectivity index (χ2n) is 9.04. The fourth-order valence-corrected chi connectivity index (χ4v) is 4.68. The van der Waals surface area contributed by atoms with Gasteiger partial charge in [0.1, 0.15) is 17.9 Å². The summed E-state index contributed by atoms with van der Waals surface area (Å²) in [4.78, 5) is 15.5. The van der Waals surface area contributed by atoms with Crippen LogP contribution >= 0.6 is 0 Å². The molecule has 2 aliphatic heterocycles. The zero-order valence-electron chi connectivity index (χ0n) is 18.3. The van der Waals surface area contributed by atoms with Crippen molar-refractivity contribution in [1.82, 2.24) is 30.5 Å². The maximum atomic E-state index is 14.3. The summed E-state index contributed by atoms with van der Waals surface area (Å²) in [6.07, 6.45) is 6.26. The second-order valence-corrected chi connectivity index (χ2v) is 9.04. The molecule has 9 nitrogen and oxygen atoms in total. The standard InChI is InChI=1S/C23H24FN7O2/c1-32-22-26-9-17(19(29-22)14-2-3-14)16-8-15(24)4-5-18(16)33-21-20(27-13-28-30-21)31-7-6-23(12-31)10-25-11-23/h4-5,8-9,13-14,25H,2-3,6-7,10-12H2,1H3. The molecule has 1 aliphatic carbocycles. The molecule has 4 heterocycles. The molecule has 6 rings (SSSR count). The van der Waals surface area contributed by atoms with E-state index >= 15 is 0 Å². The normalized spacial score (nSPS) is 18.9. The highest BCUT2D eigenvalue weighted by Gasteiger charge is 2.44. The molecule has 2 aromatic heterocycles. The Morgan fingerprint density at radius 3 is 2.79 bits per heavy atom. The number of hydrogen-bond acceptors (Lipinski definition) is 9. The molecule has 1 N–H and O–H groups in total. The Morgan fingerprint density at radius 1 is 1.18 bits per heavy atom. The quantitative estimate of drug-likeness (QED) is 0.609. The molecule has 0 atom stereocenters. The van der Waals surface area contributed by atoms with E-state index in [2.05, 4.69) is 35.4 Å². The Kier molecular flexibility index (Phi) is 4.83. The third kappa shape index (κ3) is 3.74. The molecule has 2 saturated heterocycles. The Morgan fingerprint density at radius 2 is 2.06 bits per heavy atom. The van der Waals surface area contributed by atoms with E-state index < -0.39 is 0 Å². The molecule has 0 bridgehead atoms. The van der Waals surface area contributed by atoms with Gasteiger partial charge in [-0.05, 0) is 37.5 Å². The molecular formula is C23H24FN7O2. The van der Waals surface area contributed by atoms with E-state index in [1.54, 1.807) is 12.3 Å². The predicted octanol–water partition coefficient (Wildman–Crippen LogP) is 2.95. The third-order valence-electron chi connectivity index (χ3n) is 6.69. The minimum Gasteiger partial charge on any atom is -0.467 e. The van der Waals surface area contributed by atoms with Crippen LogP contribution in [-0.2, 0) is 0 Å². The second kappa shape index (κ2) is 7.87. The number of aromatic nitrogens is 5. The fourth-order valence-electron chi connectivity index (χ4n) is 4.68. The van der Waals surface area contributed by atoms with E-state index in [0.29, 0.717) is 40.4 Å². The minimum atomic E-state index is -0.369. The molecule has 1 saturated carbocycles. The van der Waals surface area contributed by atoms with Crippen molar-refractivity contribution in [3.8, 4) is 28.8 Å². The smallest absolute Gasteiger partial charge is 0.316 e. The topological polar surface area (TPSA) is 98.2 Å².